The molecule has 5 rings (SSSR count). The smallest absolute Gasteiger partial charge is 0.196 e. The summed E-state index contributed by atoms with van der Waals surface area (Å²) in [5.41, 5.74) is 3.48. The Balaban J connectivity index is 1.67. The van der Waals surface area contributed by atoms with Gasteiger partial charge < -0.3 is 9.64 Å². The normalized spacial score (nSPS) is 17.4. The molecule has 0 bridgehead atoms. The van der Waals surface area contributed by atoms with Gasteiger partial charge in [-0.25, -0.2) is 18.1 Å². The minimum Gasteiger partial charge on any atom is -0.384 e. The number of benzene rings is 1. The predicted octanol–water partition coefficient (Wildman–Crippen LogP) is 4.34. The van der Waals surface area contributed by atoms with Crippen molar-refractivity contribution in [2.24, 2.45) is 5.92 Å². The van der Waals surface area contributed by atoms with Gasteiger partial charge in [-0.15, -0.1) is 11.6 Å². The minimum absolute atomic E-state index is 0.127. The van der Waals surface area contributed by atoms with Crippen molar-refractivity contribution in [3.05, 3.63) is 47.8 Å². The Kier molecular flexibility index (Phi) is 7.32. The summed E-state index contributed by atoms with van der Waals surface area (Å²) >= 11 is 5.58. The second-order valence-corrected chi connectivity index (χ2v) is 12.4. The van der Waals surface area contributed by atoms with Crippen molar-refractivity contribution < 1.29 is 17.9 Å². The fourth-order valence-electron chi connectivity index (χ4n) is 5.12. The monoisotopic (exact) mass is 530 g/mol. The van der Waals surface area contributed by atoms with Gasteiger partial charge in [0.1, 0.15) is 16.7 Å². The van der Waals surface area contributed by atoms with E-state index >= 15 is 0 Å². The molecule has 3 heterocycles. The number of carbonyl (C=O) groups excluding carboxylic acids is 1. The summed E-state index contributed by atoms with van der Waals surface area (Å²) in [6.07, 6.45) is 5.28. The number of halogens is 1. The lowest BCUT2D eigenvalue weighted by molar-refractivity contribution is 0.101. The van der Waals surface area contributed by atoms with E-state index in [1.54, 1.807) is 17.9 Å². The summed E-state index contributed by atoms with van der Waals surface area (Å²) < 4.78 is 31.5. The van der Waals surface area contributed by atoms with Crippen LogP contribution in [0.15, 0.2) is 36.4 Å². The number of ether oxygens (including phenoxy) is 1. The average molecular weight is 531 g/mol. The molecule has 0 unspecified atom stereocenters. The van der Waals surface area contributed by atoms with E-state index in [4.69, 9.17) is 26.4 Å². The number of carbonyl (C=O) groups is 1. The molecule has 2 aliphatic rings. The Morgan fingerprint density at radius 1 is 1.14 bits per heavy atom. The second kappa shape index (κ2) is 10.5. The Labute approximate surface area is 216 Å². The first kappa shape index (κ1) is 25.2. The number of piperidine rings is 1. The van der Waals surface area contributed by atoms with Gasteiger partial charge in [0.05, 0.1) is 22.5 Å². The van der Waals surface area contributed by atoms with Crippen LogP contribution >= 0.6 is 11.6 Å². The number of anilines is 1. The van der Waals surface area contributed by atoms with Crippen molar-refractivity contribution in [1.29, 1.82) is 0 Å². The topological polar surface area (TPSA) is 94.4 Å². The average Bonchev–Trinajstić information content (AvgIpc) is 3.22. The molecule has 2 fully saturated rings. The Bertz CT molecular complexity index is 1350. The maximum atomic E-state index is 13.1. The molecule has 1 saturated carbocycles. The second-order valence-electron chi connectivity index (χ2n) is 9.79. The number of pyridine rings is 1. The van der Waals surface area contributed by atoms with Crippen molar-refractivity contribution in [2.75, 3.05) is 42.7 Å². The molecular formula is C26H31ClN4O4S. The molecule has 1 aliphatic carbocycles. The molecule has 0 amide bonds. The van der Waals surface area contributed by atoms with Crippen molar-refractivity contribution in [1.82, 2.24) is 14.8 Å². The zero-order valence-corrected chi connectivity index (χ0v) is 22.0. The predicted molar refractivity (Wildman–Crippen MR) is 141 cm³/mol. The summed E-state index contributed by atoms with van der Waals surface area (Å²) in [6, 6.07) is 11.5. The van der Waals surface area contributed by atoms with Crippen LogP contribution in [-0.4, -0.2) is 66.7 Å². The summed E-state index contributed by atoms with van der Waals surface area (Å²) in [4.78, 5) is 20.1. The van der Waals surface area contributed by atoms with Gasteiger partial charge in [0.25, 0.3) is 0 Å². The zero-order chi connectivity index (χ0) is 25.3. The third-order valence-corrected chi connectivity index (χ3v) is 9.33. The van der Waals surface area contributed by atoms with Crippen molar-refractivity contribution in [3.8, 4) is 5.69 Å². The van der Waals surface area contributed by atoms with Gasteiger partial charge in [-0.1, -0.05) is 24.6 Å². The van der Waals surface area contributed by atoms with Crippen LogP contribution in [0.2, 0.25) is 0 Å². The lowest BCUT2D eigenvalue weighted by Crippen LogP contribution is -2.35. The fraction of sp³-hybridized carbons (Fsp3) is 0.500. The largest absolute Gasteiger partial charge is 0.384 e. The lowest BCUT2D eigenvalue weighted by Gasteiger charge is -2.34. The SMILES string of the molecule is COCC1CCN(c2cc(C(=O)CS(=O)(=O)CCl)nc3c2c(C2CCC2)nn3-c2ccccc2)CC1. The highest BCUT2D eigenvalue weighted by molar-refractivity contribution is 7.93. The molecule has 8 nitrogen and oxygen atoms in total. The Morgan fingerprint density at radius 2 is 1.86 bits per heavy atom. The molecule has 0 radical (unpaired) electrons. The molecular weight excluding hydrogens is 500 g/mol. The molecule has 0 spiro atoms. The first-order chi connectivity index (χ1) is 17.4. The van der Waals surface area contributed by atoms with Crippen LogP contribution in [0.1, 0.15) is 54.2 Å². The standard InChI is InChI=1S/C26H31ClN4O4S/c1-35-15-18-10-12-30(13-11-18)22-14-21(23(32)16-36(33,34)17-27)28-26-24(22)25(19-6-5-7-19)29-31(26)20-8-3-2-4-9-20/h2-4,8-9,14,18-19H,5-7,10-13,15-17H2,1H3. The zero-order valence-electron chi connectivity index (χ0n) is 20.4. The highest BCUT2D eigenvalue weighted by Crippen LogP contribution is 2.43. The first-order valence-electron chi connectivity index (χ1n) is 12.4. The molecule has 1 aliphatic heterocycles. The molecule has 36 heavy (non-hydrogen) atoms. The van der Waals surface area contributed by atoms with Gasteiger partial charge in [0.15, 0.2) is 21.3 Å². The molecule has 192 valence electrons. The van der Waals surface area contributed by atoms with Crippen LogP contribution < -0.4 is 4.90 Å². The van der Waals surface area contributed by atoms with E-state index in [1.807, 2.05) is 30.3 Å². The Hall–Kier alpha value is -2.49. The molecule has 0 N–H and O–H groups in total. The molecule has 0 atom stereocenters. The number of hydrogen-bond donors (Lipinski definition) is 0. The van der Waals surface area contributed by atoms with Crippen LogP contribution in [0.25, 0.3) is 16.7 Å². The molecule has 1 aromatic carbocycles. The third kappa shape index (κ3) is 5.01. The fourth-order valence-corrected chi connectivity index (χ4v) is 5.98. The maximum Gasteiger partial charge on any atom is 0.196 e. The van der Waals surface area contributed by atoms with Crippen molar-refractivity contribution >= 4 is 43.9 Å². The summed E-state index contributed by atoms with van der Waals surface area (Å²) in [6.45, 7) is 2.38. The number of nitrogens with zero attached hydrogens (tertiary/aromatic N) is 4. The summed E-state index contributed by atoms with van der Waals surface area (Å²) in [5, 5.41) is 5.39. The summed E-state index contributed by atoms with van der Waals surface area (Å²) in [5.74, 6) is -0.378. The highest BCUT2D eigenvalue weighted by Gasteiger charge is 2.32. The number of aromatic nitrogens is 3. The van der Waals surface area contributed by atoms with Gasteiger partial charge in [-0.3, -0.25) is 4.79 Å². The number of para-hydroxylation sites is 1. The summed E-state index contributed by atoms with van der Waals surface area (Å²) in [7, 11) is -1.98. The van der Waals surface area contributed by atoms with E-state index < -0.39 is 26.6 Å². The highest BCUT2D eigenvalue weighted by atomic mass is 35.5. The van der Waals surface area contributed by atoms with Gasteiger partial charge in [0, 0.05) is 32.7 Å². The van der Waals surface area contributed by atoms with E-state index in [9.17, 15) is 13.2 Å². The molecule has 10 heteroatoms. The van der Waals surface area contributed by atoms with Crippen molar-refractivity contribution in [2.45, 2.75) is 38.0 Å². The van der Waals surface area contributed by atoms with Crippen LogP contribution in [0.5, 0.6) is 0 Å². The van der Waals surface area contributed by atoms with Gasteiger partial charge >= 0.3 is 0 Å². The Morgan fingerprint density at radius 3 is 2.47 bits per heavy atom. The van der Waals surface area contributed by atoms with Crippen LogP contribution in [0.4, 0.5) is 5.69 Å². The number of methoxy groups -OCH3 is 1. The van der Waals surface area contributed by atoms with Gasteiger partial charge in [-0.05, 0) is 49.8 Å². The van der Waals surface area contributed by atoms with Crippen LogP contribution in [0.3, 0.4) is 0 Å². The minimum atomic E-state index is -3.71. The first-order valence-corrected chi connectivity index (χ1v) is 14.8. The molecule has 1 saturated heterocycles. The van der Waals surface area contributed by atoms with E-state index in [0.717, 1.165) is 67.8 Å². The van der Waals surface area contributed by atoms with Gasteiger partial charge in [0.2, 0.25) is 0 Å². The van der Waals surface area contributed by atoms with Crippen LogP contribution in [0, 0.1) is 5.92 Å². The maximum absolute atomic E-state index is 13.1. The third-order valence-electron chi connectivity index (χ3n) is 7.30. The number of sulfone groups is 1. The number of fused-ring (bicyclic) bond motifs is 1. The number of ketones is 1. The number of rotatable bonds is 9. The quantitative estimate of drug-likeness (QED) is 0.300. The van der Waals surface area contributed by atoms with E-state index in [-0.39, 0.29) is 5.69 Å². The van der Waals surface area contributed by atoms with Gasteiger partial charge in [-0.2, -0.15) is 5.10 Å². The number of Topliss-reactive ketones (excluding diaryl/α,β-unsaturated/α-hetero) is 1. The van der Waals surface area contributed by atoms with Crippen molar-refractivity contribution in [3.63, 3.8) is 0 Å². The molecule has 2 aromatic heterocycles. The molecule has 3 aromatic rings. The lowest BCUT2D eigenvalue weighted by atomic mass is 9.81. The van der Waals surface area contributed by atoms with E-state index in [2.05, 4.69) is 4.90 Å². The van der Waals surface area contributed by atoms with E-state index in [0.29, 0.717) is 17.5 Å². The van der Waals surface area contributed by atoms with Crippen LogP contribution in [-0.2, 0) is 14.6 Å². The number of alkyl halides is 1. The van der Waals surface area contributed by atoms with E-state index in [1.165, 1.54) is 6.42 Å². The number of hydrogen-bond acceptors (Lipinski definition) is 7.